The van der Waals surface area contributed by atoms with Gasteiger partial charge in [0.05, 0.1) is 0 Å². The normalized spacial score (nSPS) is 19.7. The van der Waals surface area contributed by atoms with Gasteiger partial charge in [0.25, 0.3) is 0 Å². The molecule has 1 nitrogen and oxygen atoms in total. The second-order valence-corrected chi connectivity index (χ2v) is 4.37. The van der Waals surface area contributed by atoms with Crippen LogP contribution in [0.1, 0.15) is 42.6 Å². The van der Waals surface area contributed by atoms with Crippen molar-refractivity contribution < 1.29 is 9.18 Å². The van der Waals surface area contributed by atoms with Gasteiger partial charge in [0.1, 0.15) is 6.17 Å². The van der Waals surface area contributed by atoms with E-state index >= 15 is 0 Å². The molecule has 0 spiro atoms. The topological polar surface area (TPSA) is 17.1 Å². The van der Waals surface area contributed by atoms with Gasteiger partial charge < -0.3 is 0 Å². The number of carbonyl (C=O) groups is 1. The fourth-order valence-electron chi connectivity index (χ4n) is 2.24. The van der Waals surface area contributed by atoms with Gasteiger partial charge in [0.15, 0.2) is 5.78 Å². The third kappa shape index (κ3) is 1.58. The SMILES string of the molecule is CC(=O)c1ccccc1C1(C(C)F)CC1. The summed E-state index contributed by atoms with van der Waals surface area (Å²) in [7, 11) is 0. The van der Waals surface area contributed by atoms with Gasteiger partial charge in [-0.25, -0.2) is 4.39 Å². The van der Waals surface area contributed by atoms with Crippen LogP contribution in [0.3, 0.4) is 0 Å². The summed E-state index contributed by atoms with van der Waals surface area (Å²) >= 11 is 0. The van der Waals surface area contributed by atoms with Crippen LogP contribution in [0.5, 0.6) is 0 Å². The highest BCUT2D eigenvalue weighted by Gasteiger charge is 2.50. The zero-order chi connectivity index (χ0) is 11.1. The lowest BCUT2D eigenvalue weighted by Gasteiger charge is -2.19. The van der Waals surface area contributed by atoms with Crippen LogP contribution >= 0.6 is 0 Å². The molecule has 1 atom stereocenters. The molecule has 0 bridgehead atoms. The second-order valence-electron chi connectivity index (χ2n) is 4.37. The fourth-order valence-corrected chi connectivity index (χ4v) is 2.24. The summed E-state index contributed by atoms with van der Waals surface area (Å²) in [5.74, 6) is 0.0255. The van der Waals surface area contributed by atoms with Crippen molar-refractivity contribution in [1.82, 2.24) is 0 Å². The lowest BCUT2D eigenvalue weighted by Crippen LogP contribution is -2.21. The Labute approximate surface area is 89.3 Å². The molecule has 1 saturated carbocycles. The van der Waals surface area contributed by atoms with Crippen LogP contribution in [0.2, 0.25) is 0 Å². The Kier molecular flexibility index (Phi) is 2.37. The van der Waals surface area contributed by atoms with E-state index in [9.17, 15) is 9.18 Å². The van der Waals surface area contributed by atoms with E-state index in [-0.39, 0.29) is 11.2 Å². The Hall–Kier alpha value is -1.18. The van der Waals surface area contributed by atoms with Crippen molar-refractivity contribution in [2.24, 2.45) is 0 Å². The molecular weight excluding hydrogens is 191 g/mol. The molecule has 1 aliphatic carbocycles. The van der Waals surface area contributed by atoms with E-state index in [4.69, 9.17) is 0 Å². The van der Waals surface area contributed by atoms with E-state index in [0.717, 1.165) is 18.4 Å². The van der Waals surface area contributed by atoms with E-state index in [1.807, 2.05) is 18.2 Å². The molecule has 1 aromatic rings. The van der Waals surface area contributed by atoms with Crippen molar-refractivity contribution in [1.29, 1.82) is 0 Å². The van der Waals surface area contributed by atoms with Crippen molar-refractivity contribution in [3.8, 4) is 0 Å². The molecule has 0 aliphatic heterocycles. The Balaban J connectivity index is 2.49. The van der Waals surface area contributed by atoms with Crippen LogP contribution < -0.4 is 0 Å². The van der Waals surface area contributed by atoms with Crippen molar-refractivity contribution in [3.63, 3.8) is 0 Å². The van der Waals surface area contributed by atoms with Gasteiger partial charge in [-0.15, -0.1) is 0 Å². The lowest BCUT2D eigenvalue weighted by atomic mass is 9.87. The number of carbonyl (C=O) groups excluding carboxylic acids is 1. The average Bonchev–Trinajstić information content (AvgIpc) is 2.98. The van der Waals surface area contributed by atoms with Gasteiger partial charge in [-0.1, -0.05) is 24.3 Å². The molecule has 0 saturated heterocycles. The zero-order valence-corrected chi connectivity index (χ0v) is 9.09. The molecule has 2 rings (SSSR count). The maximum atomic E-state index is 13.6. The monoisotopic (exact) mass is 206 g/mol. The summed E-state index contributed by atoms with van der Waals surface area (Å²) in [6.07, 6.45) is 0.835. The molecule has 0 amide bonds. The van der Waals surface area contributed by atoms with Gasteiger partial charge >= 0.3 is 0 Å². The quantitative estimate of drug-likeness (QED) is 0.693. The number of hydrogen-bond acceptors (Lipinski definition) is 1. The molecule has 15 heavy (non-hydrogen) atoms. The molecular formula is C13H15FO. The third-order valence-electron chi connectivity index (χ3n) is 3.39. The zero-order valence-electron chi connectivity index (χ0n) is 9.09. The average molecular weight is 206 g/mol. The van der Waals surface area contributed by atoms with E-state index in [0.29, 0.717) is 5.56 Å². The van der Waals surface area contributed by atoms with Crippen LogP contribution in [-0.2, 0) is 5.41 Å². The van der Waals surface area contributed by atoms with Crippen molar-refractivity contribution in [2.75, 3.05) is 0 Å². The second kappa shape index (κ2) is 3.44. The highest BCUT2D eigenvalue weighted by Crippen LogP contribution is 2.53. The van der Waals surface area contributed by atoms with E-state index < -0.39 is 6.17 Å². The molecule has 1 aromatic carbocycles. The Morgan fingerprint density at radius 1 is 1.40 bits per heavy atom. The summed E-state index contributed by atoms with van der Waals surface area (Å²) in [6, 6.07) is 7.39. The molecule has 0 heterocycles. The Morgan fingerprint density at radius 3 is 2.47 bits per heavy atom. The summed E-state index contributed by atoms with van der Waals surface area (Å²) in [5, 5.41) is 0. The minimum atomic E-state index is -0.877. The summed E-state index contributed by atoms with van der Waals surface area (Å²) in [5.41, 5.74) is 1.20. The summed E-state index contributed by atoms with van der Waals surface area (Å²) < 4.78 is 13.6. The number of benzene rings is 1. The van der Waals surface area contributed by atoms with E-state index in [1.54, 1.807) is 13.0 Å². The van der Waals surface area contributed by atoms with Crippen LogP contribution in [-0.4, -0.2) is 12.0 Å². The highest BCUT2D eigenvalue weighted by atomic mass is 19.1. The van der Waals surface area contributed by atoms with Gasteiger partial charge in [0.2, 0.25) is 0 Å². The third-order valence-corrected chi connectivity index (χ3v) is 3.39. The number of hydrogen-bond donors (Lipinski definition) is 0. The fraction of sp³-hybridized carbons (Fsp3) is 0.462. The van der Waals surface area contributed by atoms with Gasteiger partial charge in [-0.05, 0) is 32.3 Å². The minimum absolute atomic E-state index is 0.0255. The number of ketones is 1. The summed E-state index contributed by atoms with van der Waals surface area (Å²) in [6.45, 7) is 3.13. The van der Waals surface area contributed by atoms with Crippen molar-refractivity contribution in [2.45, 2.75) is 38.3 Å². The molecule has 1 unspecified atom stereocenters. The first-order chi connectivity index (χ1) is 7.08. The van der Waals surface area contributed by atoms with Gasteiger partial charge in [0, 0.05) is 11.0 Å². The minimum Gasteiger partial charge on any atom is -0.295 e. The van der Waals surface area contributed by atoms with Crippen LogP contribution in [0.25, 0.3) is 0 Å². The molecule has 0 radical (unpaired) electrons. The molecule has 0 N–H and O–H groups in total. The van der Waals surface area contributed by atoms with Crippen molar-refractivity contribution in [3.05, 3.63) is 35.4 Å². The number of halogens is 1. The van der Waals surface area contributed by atoms with Crippen LogP contribution in [0, 0.1) is 0 Å². The van der Waals surface area contributed by atoms with Crippen LogP contribution in [0.15, 0.2) is 24.3 Å². The first kappa shape index (κ1) is 10.3. The lowest BCUT2D eigenvalue weighted by molar-refractivity contribution is 0.101. The van der Waals surface area contributed by atoms with E-state index in [2.05, 4.69) is 0 Å². The molecule has 1 fully saturated rings. The maximum absolute atomic E-state index is 13.6. The van der Waals surface area contributed by atoms with Crippen molar-refractivity contribution >= 4 is 5.78 Å². The maximum Gasteiger partial charge on any atom is 0.160 e. The first-order valence-corrected chi connectivity index (χ1v) is 5.32. The van der Waals surface area contributed by atoms with Crippen LogP contribution in [0.4, 0.5) is 4.39 Å². The predicted molar refractivity (Wildman–Crippen MR) is 57.9 cm³/mol. The molecule has 2 heteroatoms. The standard InChI is InChI=1S/C13H15FO/c1-9(15)11-5-3-4-6-12(11)13(7-8-13)10(2)14/h3-6,10H,7-8H2,1-2H3. The number of rotatable bonds is 3. The van der Waals surface area contributed by atoms with Gasteiger partial charge in [-0.2, -0.15) is 0 Å². The van der Waals surface area contributed by atoms with Gasteiger partial charge in [-0.3, -0.25) is 4.79 Å². The molecule has 0 aromatic heterocycles. The largest absolute Gasteiger partial charge is 0.295 e. The smallest absolute Gasteiger partial charge is 0.160 e. The Morgan fingerprint density at radius 2 is 2.00 bits per heavy atom. The molecule has 1 aliphatic rings. The number of Topliss-reactive ketones (excluding diaryl/α,β-unsaturated/α-hetero) is 1. The summed E-state index contributed by atoms with van der Waals surface area (Å²) in [4.78, 5) is 11.4. The Bertz CT molecular complexity index is 391. The first-order valence-electron chi connectivity index (χ1n) is 5.32. The molecule has 80 valence electrons. The number of alkyl halides is 1. The predicted octanol–water partition coefficient (Wildman–Crippen LogP) is 3.28. The highest BCUT2D eigenvalue weighted by molar-refractivity contribution is 5.96. The van der Waals surface area contributed by atoms with E-state index in [1.165, 1.54) is 6.92 Å².